The Hall–Kier alpha value is -0.660. The van der Waals surface area contributed by atoms with Gasteiger partial charge in [0.25, 0.3) is 0 Å². The average molecular weight is 519 g/mol. The molecule has 0 radical (unpaired) electrons. The first-order chi connectivity index (χ1) is 12.5. The predicted octanol–water partition coefficient (Wildman–Crippen LogP) is 2.35. The molecule has 2 fully saturated rings. The quantitative estimate of drug-likeness (QED) is 0.356. The number of fused-ring (bicyclic) bond motifs is 1. The van der Waals surface area contributed by atoms with Crippen molar-refractivity contribution in [2.24, 2.45) is 4.99 Å². The molecule has 6 nitrogen and oxygen atoms in total. The zero-order valence-electron chi connectivity index (χ0n) is 15.1. The molecule has 154 valence electrons. The van der Waals surface area contributed by atoms with Crippen LogP contribution in [0.3, 0.4) is 0 Å². The fraction of sp³-hybridized carbons (Fsp3) is 0.750. The summed E-state index contributed by atoms with van der Waals surface area (Å²) in [5, 5.41) is 7.84. The number of hydrogen-bond donors (Lipinski definition) is 2. The van der Waals surface area contributed by atoms with Gasteiger partial charge in [0.15, 0.2) is 11.7 Å². The molecule has 0 amide bonds. The summed E-state index contributed by atoms with van der Waals surface area (Å²) in [4.78, 5) is 10.2. The van der Waals surface area contributed by atoms with Crippen LogP contribution < -0.4 is 10.6 Å². The number of rotatable bonds is 5. The minimum Gasteiger partial charge on any atom is -0.373 e. The number of aliphatic imine (C=N–C) groups is 1. The predicted molar refractivity (Wildman–Crippen MR) is 110 cm³/mol. The first-order valence-corrected chi connectivity index (χ1v) is 9.65. The molecule has 2 atom stereocenters. The molecule has 0 aliphatic carbocycles. The molecular formula is C16H25F3IN5OS. The fourth-order valence-electron chi connectivity index (χ4n) is 3.28. The highest BCUT2D eigenvalue weighted by molar-refractivity contribution is 14.0. The number of ether oxygens (including phenoxy) is 1. The van der Waals surface area contributed by atoms with Gasteiger partial charge >= 0.3 is 6.18 Å². The third-order valence-corrected chi connectivity index (χ3v) is 5.56. The second-order valence-corrected chi connectivity index (χ2v) is 7.44. The Labute approximate surface area is 178 Å². The summed E-state index contributed by atoms with van der Waals surface area (Å²) in [6.07, 6.45) is -1.39. The summed E-state index contributed by atoms with van der Waals surface area (Å²) in [6.45, 7) is 3.96. The van der Waals surface area contributed by atoms with Crippen LogP contribution in [-0.2, 0) is 17.3 Å². The minimum absolute atomic E-state index is 0. The summed E-state index contributed by atoms with van der Waals surface area (Å²) in [5.41, 5.74) is -0.824. The van der Waals surface area contributed by atoms with Crippen LogP contribution in [0.2, 0.25) is 0 Å². The maximum Gasteiger partial charge on any atom is 0.434 e. The zero-order valence-corrected chi connectivity index (χ0v) is 18.2. The van der Waals surface area contributed by atoms with E-state index in [4.69, 9.17) is 4.74 Å². The van der Waals surface area contributed by atoms with Gasteiger partial charge in [-0.25, -0.2) is 4.98 Å². The van der Waals surface area contributed by atoms with Gasteiger partial charge < -0.3 is 15.4 Å². The van der Waals surface area contributed by atoms with Crippen LogP contribution in [0, 0.1) is 0 Å². The second-order valence-electron chi connectivity index (χ2n) is 6.50. The maximum atomic E-state index is 12.5. The summed E-state index contributed by atoms with van der Waals surface area (Å²) in [7, 11) is 1.67. The van der Waals surface area contributed by atoms with Crippen LogP contribution in [0.4, 0.5) is 13.2 Å². The molecule has 0 bridgehead atoms. The monoisotopic (exact) mass is 519 g/mol. The molecule has 0 aromatic carbocycles. The van der Waals surface area contributed by atoms with Crippen molar-refractivity contribution in [1.82, 2.24) is 20.5 Å². The van der Waals surface area contributed by atoms with Gasteiger partial charge in [0, 0.05) is 44.5 Å². The van der Waals surface area contributed by atoms with Crippen molar-refractivity contribution in [3.8, 4) is 0 Å². The Morgan fingerprint density at radius 3 is 2.96 bits per heavy atom. The van der Waals surface area contributed by atoms with Crippen LogP contribution in [0.15, 0.2) is 10.4 Å². The van der Waals surface area contributed by atoms with Gasteiger partial charge in [-0.2, -0.15) is 13.2 Å². The normalized spacial score (nSPS) is 23.6. The van der Waals surface area contributed by atoms with Gasteiger partial charge in [-0.05, 0) is 19.4 Å². The third kappa shape index (κ3) is 6.43. The lowest BCUT2D eigenvalue weighted by atomic mass is 10.2. The molecule has 2 aliphatic rings. The van der Waals surface area contributed by atoms with Crippen molar-refractivity contribution in [3.63, 3.8) is 0 Å². The van der Waals surface area contributed by atoms with Crippen molar-refractivity contribution < 1.29 is 17.9 Å². The van der Waals surface area contributed by atoms with Crippen molar-refractivity contribution in [3.05, 3.63) is 16.1 Å². The van der Waals surface area contributed by atoms with Gasteiger partial charge in [-0.1, -0.05) is 0 Å². The summed E-state index contributed by atoms with van der Waals surface area (Å²) >= 11 is 1.02. The smallest absolute Gasteiger partial charge is 0.373 e. The van der Waals surface area contributed by atoms with E-state index in [1.54, 1.807) is 7.05 Å². The van der Waals surface area contributed by atoms with Gasteiger partial charge in [0.05, 0.1) is 17.7 Å². The highest BCUT2D eigenvalue weighted by Gasteiger charge is 2.34. The molecule has 0 saturated carbocycles. The number of morpholine rings is 1. The van der Waals surface area contributed by atoms with E-state index in [1.165, 1.54) is 12.8 Å². The Bertz CT molecular complexity index is 627. The van der Waals surface area contributed by atoms with Gasteiger partial charge in [0.1, 0.15) is 0 Å². The van der Waals surface area contributed by atoms with E-state index in [1.807, 2.05) is 0 Å². The van der Waals surface area contributed by atoms with E-state index in [0.29, 0.717) is 36.5 Å². The molecule has 2 unspecified atom stereocenters. The molecule has 0 spiro atoms. The molecule has 27 heavy (non-hydrogen) atoms. The first kappa shape index (κ1) is 22.6. The Morgan fingerprint density at radius 2 is 2.26 bits per heavy atom. The lowest BCUT2D eigenvalue weighted by molar-refractivity contribution is -0.140. The molecule has 1 aromatic rings. The van der Waals surface area contributed by atoms with E-state index >= 15 is 0 Å². The van der Waals surface area contributed by atoms with E-state index in [-0.39, 0.29) is 30.1 Å². The van der Waals surface area contributed by atoms with E-state index < -0.39 is 11.9 Å². The third-order valence-electron chi connectivity index (χ3n) is 4.66. The average Bonchev–Trinajstić information content (AvgIpc) is 3.26. The van der Waals surface area contributed by atoms with Crippen molar-refractivity contribution in [2.45, 2.75) is 37.6 Å². The molecule has 3 rings (SSSR count). The Balaban J connectivity index is 0.00000261. The SMILES string of the molecule is CN=C(NCCc1nc(C(F)(F)F)cs1)NCC1CN2CCCC2CO1.I. The molecule has 2 N–H and O–H groups in total. The summed E-state index contributed by atoms with van der Waals surface area (Å²) in [6, 6.07) is 0.573. The number of nitrogens with one attached hydrogen (secondary N) is 2. The van der Waals surface area contributed by atoms with Gasteiger partial charge in [-0.15, -0.1) is 35.3 Å². The van der Waals surface area contributed by atoms with E-state index in [0.717, 1.165) is 36.4 Å². The van der Waals surface area contributed by atoms with E-state index in [9.17, 15) is 13.2 Å². The van der Waals surface area contributed by atoms with E-state index in [2.05, 4.69) is 25.5 Å². The lowest BCUT2D eigenvalue weighted by Gasteiger charge is -2.35. The molecule has 3 heterocycles. The molecule has 2 aliphatic heterocycles. The van der Waals surface area contributed by atoms with Crippen LogP contribution in [-0.4, -0.2) is 67.8 Å². The molecule has 2 saturated heterocycles. The summed E-state index contributed by atoms with van der Waals surface area (Å²) < 4.78 is 43.5. The zero-order chi connectivity index (χ0) is 18.6. The lowest BCUT2D eigenvalue weighted by Crippen LogP contribution is -2.51. The molecular weight excluding hydrogens is 494 g/mol. The number of alkyl halides is 3. The topological polar surface area (TPSA) is 61.8 Å². The highest BCUT2D eigenvalue weighted by atomic mass is 127. The molecule has 11 heteroatoms. The largest absolute Gasteiger partial charge is 0.434 e. The number of guanidine groups is 1. The van der Waals surface area contributed by atoms with Crippen LogP contribution in [0.25, 0.3) is 0 Å². The Kier molecular flexibility index (Phi) is 8.56. The summed E-state index contributed by atoms with van der Waals surface area (Å²) in [5.74, 6) is 0.616. The van der Waals surface area contributed by atoms with Crippen LogP contribution >= 0.6 is 35.3 Å². The second kappa shape index (κ2) is 10.2. The van der Waals surface area contributed by atoms with Crippen LogP contribution in [0.1, 0.15) is 23.5 Å². The fourth-order valence-corrected chi connectivity index (χ4v) is 4.09. The van der Waals surface area contributed by atoms with Crippen molar-refractivity contribution in [2.75, 3.05) is 39.8 Å². The van der Waals surface area contributed by atoms with Crippen molar-refractivity contribution in [1.29, 1.82) is 0 Å². The standard InChI is InChI=1S/C16H24F3N5OS.HI/c1-20-15(21-5-4-14-23-13(10-26-14)16(17,18)19)22-7-12-8-24-6-2-3-11(24)9-25-12;/h10-12H,2-9H2,1H3,(H2,20,21,22);1H. The first-order valence-electron chi connectivity index (χ1n) is 8.77. The van der Waals surface area contributed by atoms with Crippen molar-refractivity contribution >= 4 is 41.3 Å². The molecule has 1 aromatic heterocycles. The number of halogens is 4. The number of hydrogen-bond acceptors (Lipinski definition) is 5. The Morgan fingerprint density at radius 1 is 1.44 bits per heavy atom. The number of thiazole rings is 1. The van der Waals surface area contributed by atoms with Gasteiger partial charge in [0.2, 0.25) is 0 Å². The number of aromatic nitrogens is 1. The minimum atomic E-state index is -4.38. The maximum absolute atomic E-state index is 12.5. The van der Waals surface area contributed by atoms with Gasteiger partial charge in [-0.3, -0.25) is 9.89 Å². The van der Waals surface area contributed by atoms with Crippen LogP contribution in [0.5, 0.6) is 0 Å². The highest BCUT2D eigenvalue weighted by Crippen LogP contribution is 2.30. The number of nitrogens with zero attached hydrogens (tertiary/aromatic N) is 3.